The lowest BCUT2D eigenvalue weighted by atomic mass is 9.84. The molecule has 0 spiro atoms. The molecule has 1 fully saturated rings. The number of hydrogen-bond donors (Lipinski definition) is 4. The number of benzene rings is 1. The number of nitrogens with one attached hydrogen (secondary N) is 4. The summed E-state index contributed by atoms with van der Waals surface area (Å²) in [6.45, 7) is 10.4. The van der Waals surface area contributed by atoms with Crippen LogP contribution in [0.2, 0.25) is 0 Å². The van der Waals surface area contributed by atoms with Crippen molar-refractivity contribution in [1.29, 1.82) is 0 Å². The Balaban J connectivity index is 1.18. The number of carbonyl (C=O) groups excluding carboxylic acids is 2. The maximum absolute atomic E-state index is 12.3. The predicted octanol–water partition coefficient (Wildman–Crippen LogP) is 3.60. The van der Waals surface area contributed by atoms with Crippen LogP contribution in [0.1, 0.15) is 39.5 Å². The first-order chi connectivity index (χ1) is 23.8. The Morgan fingerprint density at radius 1 is 0.918 bits per heavy atom. The first-order valence-corrected chi connectivity index (χ1v) is 17.9. The second-order valence-corrected chi connectivity index (χ2v) is 12.8. The molecule has 0 bridgehead atoms. The molecule has 0 radical (unpaired) electrons. The van der Waals surface area contributed by atoms with E-state index in [0.717, 1.165) is 42.4 Å². The van der Waals surface area contributed by atoms with Crippen molar-refractivity contribution in [2.75, 3.05) is 103 Å². The van der Waals surface area contributed by atoms with Gasteiger partial charge in [0.05, 0.1) is 57.3 Å². The van der Waals surface area contributed by atoms with E-state index in [9.17, 15) is 9.59 Å². The van der Waals surface area contributed by atoms with Crippen LogP contribution in [-0.4, -0.2) is 125 Å². The molecule has 3 rings (SSSR count). The van der Waals surface area contributed by atoms with Crippen molar-refractivity contribution in [3.8, 4) is 5.75 Å². The Morgan fingerprint density at radius 2 is 1.59 bits per heavy atom. The number of ether oxygens (including phenoxy) is 5. The smallest absolute Gasteiger partial charge is 0.246 e. The van der Waals surface area contributed by atoms with E-state index >= 15 is 0 Å². The first-order valence-electron chi connectivity index (χ1n) is 17.1. The average Bonchev–Trinajstić information content (AvgIpc) is 3.06. The summed E-state index contributed by atoms with van der Waals surface area (Å²) in [5, 5.41) is 12.6. The monoisotopic (exact) mass is 751 g/mol. The van der Waals surface area contributed by atoms with Gasteiger partial charge in [0, 0.05) is 50.5 Å². The van der Waals surface area contributed by atoms with Gasteiger partial charge in [-0.3, -0.25) is 9.59 Å². The second-order valence-electron chi connectivity index (χ2n) is 11.9. The van der Waals surface area contributed by atoms with Crippen molar-refractivity contribution in [3.63, 3.8) is 0 Å². The van der Waals surface area contributed by atoms with Crippen LogP contribution in [0.25, 0.3) is 0 Å². The molecule has 15 heteroatoms. The van der Waals surface area contributed by atoms with Gasteiger partial charge in [0.25, 0.3) is 0 Å². The van der Waals surface area contributed by atoms with Gasteiger partial charge in [0.2, 0.25) is 17.8 Å². The SMILES string of the molecule is CC(C)NCCOCCOCCOCCOCC(=O)NCCOc1ccc(Nc2ncc(Br)c(NCCCN(C)C(=O)C3CCC3)n2)cc1. The molecular weight excluding hydrogens is 698 g/mol. The Hall–Kier alpha value is -3.08. The predicted molar refractivity (Wildman–Crippen MR) is 192 cm³/mol. The lowest BCUT2D eigenvalue weighted by molar-refractivity contribution is -0.136. The van der Waals surface area contributed by atoms with Crippen LogP contribution in [0.15, 0.2) is 34.9 Å². The lowest BCUT2D eigenvalue weighted by Crippen LogP contribution is -2.37. The topological polar surface area (TPSA) is 157 Å². The molecule has 4 N–H and O–H groups in total. The van der Waals surface area contributed by atoms with Crippen LogP contribution in [-0.2, 0) is 28.5 Å². The van der Waals surface area contributed by atoms with E-state index in [4.69, 9.17) is 23.7 Å². The fraction of sp³-hybridized carbons (Fsp3) is 0.647. The molecule has 1 saturated carbocycles. The van der Waals surface area contributed by atoms with Gasteiger partial charge in [0.1, 0.15) is 24.8 Å². The Bertz CT molecular complexity index is 1220. The van der Waals surface area contributed by atoms with E-state index in [2.05, 4.69) is 61.0 Å². The quantitative estimate of drug-likeness (QED) is 0.0986. The van der Waals surface area contributed by atoms with Gasteiger partial charge in [-0.25, -0.2) is 4.98 Å². The minimum atomic E-state index is -0.218. The minimum absolute atomic E-state index is 0.0443. The zero-order valence-electron chi connectivity index (χ0n) is 29.1. The number of halogens is 1. The van der Waals surface area contributed by atoms with E-state index in [-0.39, 0.29) is 24.3 Å². The molecule has 1 aromatic carbocycles. The third kappa shape index (κ3) is 17.4. The number of aromatic nitrogens is 2. The molecule has 14 nitrogen and oxygen atoms in total. The van der Waals surface area contributed by atoms with E-state index in [1.54, 1.807) is 6.20 Å². The van der Waals surface area contributed by atoms with E-state index in [0.29, 0.717) is 96.0 Å². The van der Waals surface area contributed by atoms with Gasteiger partial charge in [-0.05, 0) is 59.5 Å². The highest BCUT2D eigenvalue weighted by atomic mass is 79.9. The van der Waals surface area contributed by atoms with Crippen LogP contribution < -0.4 is 26.0 Å². The molecule has 0 aliphatic heterocycles. The molecule has 2 amide bonds. The fourth-order valence-electron chi connectivity index (χ4n) is 4.57. The zero-order valence-corrected chi connectivity index (χ0v) is 30.7. The molecule has 0 atom stereocenters. The average molecular weight is 753 g/mol. The van der Waals surface area contributed by atoms with Gasteiger partial charge >= 0.3 is 0 Å². The van der Waals surface area contributed by atoms with E-state index in [1.807, 2.05) is 36.2 Å². The standard InChI is InChI=1S/C34H54BrN7O7/c1-26(2)36-13-16-45-18-19-46-20-21-47-22-23-48-25-31(43)37-14-17-49-29-10-8-28(9-11-29)40-34-39-24-30(35)32(41-34)38-12-5-15-42(3)33(44)27-6-4-7-27/h8-11,24,26-27,36H,4-7,12-23,25H2,1-3H3,(H,37,43)(H2,38,39,40,41). The molecule has 1 aromatic heterocycles. The van der Waals surface area contributed by atoms with Crippen molar-refractivity contribution < 1.29 is 33.3 Å². The molecule has 0 saturated heterocycles. The third-order valence-electron chi connectivity index (χ3n) is 7.49. The lowest BCUT2D eigenvalue weighted by Gasteiger charge is -2.29. The molecule has 49 heavy (non-hydrogen) atoms. The number of hydrogen-bond acceptors (Lipinski definition) is 12. The number of nitrogens with zero attached hydrogens (tertiary/aromatic N) is 3. The van der Waals surface area contributed by atoms with Gasteiger partial charge in [-0.1, -0.05) is 20.3 Å². The molecular formula is C34H54BrN7O7. The normalized spacial score (nSPS) is 12.8. The second kappa shape index (κ2) is 24.1. The summed E-state index contributed by atoms with van der Waals surface area (Å²) in [4.78, 5) is 35.1. The number of anilines is 3. The molecule has 0 unspecified atom stereocenters. The molecule has 1 aliphatic rings. The summed E-state index contributed by atoms with van der Waals surface area (Å²) in [6.07, 6.45) is 5.70. The molecule has 2 aromatic rings. The first kappa shape index (κ1) is 40.4. The highest BCUT2D eigenvalue weighted by molar-refractivity contribution is 9.10. The molecule has 274 valence electrons. The summed E-state index contributed by atoms with van der Waals surface area (Å²) >= 11 is 3.50. The van der Waals surface area contributed by atoms with Crippen molar-refractivity contribution in [1.82, 2.24) is 25.5 Å². The van der Waals surface area contributed by atoms with Gasteiger partial charge in [-0.15, -0.1) is 0 Å². The third-order valence-corrected chi connectivity index (χ3v) is 8.07. The number of amides is 2. The summed E-state index contributed by atoms with van der Waals surface area (Å²) in [6, 6.07) is 7.86. The van der Waals surface area contributed by atoms with Crippen molar-refractivity contribution in [3.05, 3.63) is 34.9 Å². The van der Waals surface area contributed by atoms with Crippen LogP contribution in [0, 0.1) is 5.92 Å². The van der Waals surface area contributed by atoms with Crippen molar-refractivity contribution in [2.24, 2.45) is 5.92 Å². The van der Waals surface area contributed by atoms with Crippen LogP contribution in [0.4, 0.5) is 17.5 Å². The maximum Gasteiger partial charge on any atom is 0.246 e. The highest BCUT2D eigenvalue weighted by Crippen LogP contribution is 2.28. The maximum atomic E-state index is 12.3. The van der Waals surface area contributed by atoms with Gasteiger partial charge < -0.3 is 49.9 Å². The Labute approximate surface area is 298 Å². The van der Waals surface area contributed by atoms with Gasteiger partial charge in [-0.2, -0.15) is 4.98 Å². The number of carbonyl (C=O) groups is 2. The van der Waals surface area contributed by atoms with E-state index < -0.39 is 0 Å². The Kier molecular flexibility index (Phi) is 19.9. The van der Waals surface area contributed by atoms with Crippen molar-refractivity contribution >= 4 is 45.2 Å². The van der Waals surface area contributed by atoms with Gasteiger partial charge in [0.15, 0.2) is 0 Å². The number of rotatable bonds is 27. The zero-order chi connectivity index (χ0) is 35.1. The molecule has 1 aliphatic carbocycles. The molecule has 1 heterocycles. The fourth-order valence-corrected chi connectivity index (χ4v) is 4.90. The summed E-state index contributed by atoms with van der Waals surface area (Å²) in [7, 11) is 1.87. The van der Waals surface area contributed by atoms with Crippen LogP contribution in [0.3, 0.4) is 0 Å². The summed E-state index contributed by atoms with van der Waals surface area (Å²) < 4.78 is 28.2. The largest absolute Gasteiger partial charge is 0.492 e. The highest BCUT2D eigenvalue weighted by Gasteiger charge is 2.27. The van der Waals surface area contributed by atoms with Crippen LogP contribution >= 0.6 is 15.9 Å². The van der Waals surface area contributed by atoms with E-state index in [1.165, 1.54) is 0 Å². The Morgan fingerprint density at radius 3 is 2.24 bits per heavy atom. The van der Waals surface area contributed by atoms with Crippen molar-refractivity contribution in [2.45, 2.75) is 45.6 Å². The summed E-state index contributed by atoms with van der Waals surface area (Å²) in [5.41, 5.74) is 0.800. The van der Waals surface area contributed by atoms with Crippen LogP contribution in [0.5, 0.6) is 5.75 Å². The minimum Gasteiger partial charge on any atom is -0.492 e. The summed E-state index contributed by atoms with van der Waals surface area (Å²) in [5.74, 6) is 2.05.